The monoisotopic (exact) mass is 211 g/mol. The van der Waals surface area contributed by atoms with E-state index in [9.17, 15) is 9.59 Å². The Kier molecular flexibility index (Phi) is 3.50. The minimum Gasteiger partial charge on any atom is -0.488 e. The number of nitrogens with one attached hydrogen (secondary N) is 1. The molecular formula is C11H17NO3. The topological polar surface area (TPSA) is 55.4 Å². The number of anilines is 1. The van der Waals surface area contributed by atoms with Crippen molar-refractivity contribution in [3.63, 3.8) is 0 Å². The maximum absolute atomic E-state index is 11.3. The van der Waals surface area contributed by atoms with Crippen LogP contribution in [-0.4, -0.2) is 12.6 Å². The molecule has 0 aliphatic rings. The summed E-state index contributed by atoms with van der Waals surface area (Å²) in [7, 11) is 0. The van der Waals surface area contributed by atoms with Crippen molar-refractivity contribution in [3.8, 4) is 5.75 Å². The molecule has 15 heavy (non-hydrogen) atoms. The van der Waals surface area contributed by atoms with Gasteiger partial charge in [-0.05, 0) is 19.8 Å². The highest BCUT2D eigenvalue weighted by atomic mass is 16.5. The molecule has 0 unspecified atom stereocenters. The molecule has 1 aromatic rings. The van der Waals surface area contributed by atoms with Gasteiger partial charge >= 0.3 is 0 Å². The largest absolute Gasteiger partial charge is 0.488 e. The summed E-state index contributed by atoms with van der Waals surface area (Å²) in [5.41, 5.74) is -0.649. The van der Waals surface area contributed by atoms with Crippen LogP contribution in [-0.2, 0) is 0 Å². The second-order valence-electron chi connectivity index (χ2n) is 3.97. The quantitative estimate of drug-likeness (QED) is 0.742. The summed E-state index contributed by atoms with van der Waals surface area (Å²) >= 11 is 0. The first kappa shape index (κ1) is 11.8. The molecule has 0 amide bonds. The van der Waals surface area contributed by atoms with E-state index in [0.29, 0.717) is 18.2 Å². The zero-order valence-electron chi connectivity index (χ0n) is 9.59. The first-order valence-corrected chi connectivity index (χ1v) is 5.21. The van der Waals surface area contributed by atoms with Crippen LogP contribution in [0.5, 0.6) is 5.75 Å². The summed E-state index contributed by atoms with van der Waals surface area (Å²) in [5.74, 6) is 0.582. The fourth-order valence-electron chi connectivity index (χ4n) is 1.18. The summed E-state index contributed by atoms with van der Waals surface area (Å²) in [6.45, 7) is 8.24. The predicted octanol–water partition coefficient (Wildman–Crippen LogP) is 1.14. The Morgan fingerprint density at radius 3 is 2.27 bits per heavy atom. The molecule has 0 bridgehead atoms. The summed E-state index contributed by atoms with van der Waals surface area (Å²) < 4.78 is 5.10. The number of ether oxygens (including phenoxy) is 1. The molecule has 0 fully saturated rings. The van der Waals surface area contributed by atoms with Gasteiger partial charge in [0.15, 0.2) is 5.75 Å². The Labute approximate surface area is 89.0 Å². The molecule has 1 aromatic carbocycles. The summed E-state index contributed by atoms with van der Waals surface area (Å²) in [6, 6.07) is 0.146. The van der Waals surface area contributed by atoms with E-state index in [2.05, 4.69) is 5.32 Å². The first-order chi connectivity index (χ1) is 6.99. The van der Waals surface area contributed by atoms with Gasteiger partial charge in [-0.1, -0.05) is 13.8 Å². The van der Waals surface area contributed by atoms with Crippen molar-refractivity contribution in [1.82, 2.24) is 0 Å². The molecule has 0 heterocycles. The van der Waals surface area contributed by atoms with Gasteiger partial charge in [-0.2, -0.15) is 0 Å². The Hall–Kier alpha value is -1.32. The molecule has 84 valence electrons. The van der Waals surface area contributed by atoms with Gasteiger partial charge in [-0.3, -0.25) is 9.59 Å². The fraction of sp³-hybridized carbons (Fsp3) is 0.636. The molecule has 0 radical (unpaired) electrons. The van der Waals surface area contributed by atoms with Crippen LogP contribution in [0.1, 0.15) is 27.7 Å². The zero-order valence-corrected chi connectivity index (χ0v) is 9.59. The molecule has 0 saturated heterocycles. The Morgan fingerprint density at radius 2 is 1.80 bits per heavy atom. The molecule has 0 aliphatic carbocycles. The Morgan fingerprint density at radius 1 is 1.20 bits per heavy atom. The molecule has 0 aliphatic heterocycles. The highest BCUT2D eigenvalue weighted by Gasteiger charge is 2.23. The molecule has 4 nitrogen and oxygen atoms in total. The lowest BCUT2D eigenvalue weighted by Gasteiger charge is -2.21. The molecule has 0 spiro atoms. The van der Waals surface area contributed by atoms with Crippen LogP contribution in [0.3, 0.4) is 0 Å². The number of rotatable bonds is 5. The van der Waals surface area contributed by atoms with Crippen molar-refractivity contribution < 1.29 is 4.74 Å². The van der Waals surface area contributed by atoms with Gasteiger partial charge in [0.1, 0.15) is 5.69 Å². The smallest absolute Gasteiger partial charge is 0.272 e. The lowest BCUT2D eigenvalue weighted by Crippen LogP contribution is -2.38. The van der Waals surface area contributed by atoms with Crippen molar-refractivity contribution in [1.29, 1.82) is 0 Å². The maximum atomic E-state index is 11.3. The van der Waals surface area contributed by atoms with E-state index in [1.165, 1.54) is 0 Å². The SMILES string of the molecule is CCOc1c(N[C@@H](C)C(C)C)c(=O)c1=O. The van der Waals surface area contributed by atoms with Gasteiger partial charge in [0.25, 0.3) is 10.9 Å². The van der Waals surface area contributed by atoms with E-state index in [-0.39, 0.29) is 11.8 Å². The van der Waals surface area contributed by atoms with E-state index in [0.717, 1.165) is 0 Å². The Balaban J connectivity index is 2.82. The molecule has 4 heteroatoms. The minimum atomic E-state index is -0.518. The van der Waals surface area contributed by atoms with Crippen molar-refractivity contribution in [3.05, 3.63) is 20.4 Å². The van der Waals surface area contributed by atoms with Crippen molar-refractivity contribution in [2.45, 2.75) is 33.7 Å². The third-order valence-electron chi connectivity index (χ3n) is 2.53. The van der Waals surface area contributed by atoms with E-state index >= 15 is 0 Å². The van der Waals surface area contributed by atoms with Crippen LogP contribution >= 0.6 is 0 Å². The second kappa shape index (κ2) is 4.47. The van der Waals surface area contributed by atoms with Gasteiger partial charge in [-0.15, -0.1) is 0 Å². The lowest BCUT2D eigenvalue weighted by atomic mass is 10.1. The lowest BCUT2D eigenvalue weighted by molar-refractivity contribution is 0.334. The maximum Gasteiger partial charge on any atom is 0.272 e. The third kappa shape index (κ3) is 2.19. The first-order valence-electron chi connectivity index (χ1n) is 5.21. The van der Waals surface area contributed by atoms with Crippen LogP contribution < -0.4 is 20.9 Å². The normalized spacial score (nSPS) is 13.1. The average molecular weight is 211 g/mol. The number of hydrogen-bond acceptors (Lipinski definition) is 4. The van der Waals surface area contributed by atoms with Gasteiger partial charge in [0.2, 0.25) is 0 Å². The molecule has 0 aromatic heterocycles. The third-order valence-corrected chi connectivity index (χ3v) is 2.53. The van der Waals surface area contributed by atoms with Crippen LogP contribution in [0.2, 0.25) is 0 Å². The van der Waals surface area contributed by atoms with E-state index < -0.39 is 10.9 Å². The Bertz CT molecular complexity index is 402. The van der Waals surface area contributed by atoms with Gasteiger partial charge < -0.3 is 10.1 Å². The fourth-order valence-corrected chi connectivity index (χ4v) is 1.18. The number of hydrogen-bond donors (Lipinski definition) is 1. The zero-order chi connectivity index (χ0) is 11.6. The van der Waals surface area contributed by atoms with Gasteiger partial charge in [0.05, 0.1) is 6.61 Å². The minimum absolute atomic E-state index is 0.146. The van der Waals surface area contributed by atoms with Crippen molar-refractivity contribution in [2.24, 2.45) is 5.92 Å². The molecule has 1 atom stereocenters. The van der Waals surface area contributed by atoms with E-state index in [1.807, 2.05) is 20.8 Å². The van der Waals surface area contributed by atoms with Gasteiger partial charge in [0, 0.05) is 6.04 Å². The van der Waals surface area contributed by atoms with Crippen LogP contribution in [0, 0.1) is 5.92 Å². The van der Waals surface area contributed by atoms with E-state index in [4.69, 9.17) is 4.74 Å². The standard InChI is InChI=1S/C11H17NO3/c1-5-15-11-8(9(13)10(11)14)12-7(4)6(2)3/h6-7,12H,5H2,1-4H3/t7-/m0/s1. The molecule has 1 N–H and O–H groups in total. The molecule has 0 saturated carbocycles. The average Bonchev–Trinajstić information content (AvgIpc) is 2.22. The highest BCUT2D eigenvalue weighted by molar-refractivity contribution is 5.62. The van der Waals surface area contributed by atoms with Gasteiger partial charge in [-0.25, -0.2) is 0 Å². The molecular weight excluding hydrogens is 194 g/mol. The predicted molar refractivity (Wildman–Crippen MR) is 60.4 cm³/mol. The summed E-state index contributed by atoms with van der Waals surface area (Å²) in [6.07, 6.45) is 0. The van der Waals surface area contributed by atoms with Crippen LogP contribution in [0.15, 0.2) is 9.59 Å². The van der Waals surface area contributed by atoms with Crippen LogP contribution in [0.25, 0.3) is 0 Å². The highest BCUT2D eigenvalue weighted by Crippen LogP contribution is 2.19. The van der Waals surface area contributed by atoms with Crippen LogP contribution in [0.4, 0.5) is 5.69 Å². The van der Waals surface area contributed by atoms with Crippen molar-refractivity contribution in [2.75, 3.05) is 11.9 Å². The van der Waals surface area contributed by atoms with Crippen molar-refractivity contribution >= 4 is 5.69 Å². The summed E-state index contributed by atoms with van der Waals surface area (Å²) in [4.78, 5) is 22.4. The molecule has 1 rings (SSSR count). The second-order valence-corrected chi connectivity index (χ2v) is 3.97. The summed E-state index contributed by atoms with van der Waals surface area (Å²) in [5, 5.41) is 3.02. The van der Waals surface area contributed by atoms with E-state index in [1.54, 1.807) is 6.92 Å².